The average Bonchev–Trinajstić information content (AvgIpc) is 3.32. The number of nitrogens with zero attached hydrogens (tertiary/aromatic N) is 3. The Morgan fingerprint density at radius 1 is 1.29 bits per heavy atom. The van der Waals surface area contributed by atoms with Crippen LogP contribution in [0.5, 0.6) is 0 Å². The van der Waals surface area contributed by atoms with E-state index in [2.05, 4.69) is 15.3 Å². The second kappa shape index (κ2) is 5.69. The van der Waals surface area contributed by atoms with Crippen molar-refractivity contribution < 1.29 is 8.42 Å². The molecule has 1 aromatic heterocycles. The van der Waals surface area contributed by atoms with Gasteiger partial charge in [-0.1, -0.05) is 11.6 Å². The molecule has 1 saturated carbocycles. The summed E-state index contributed by atoms with van der Waals surface area (Å²) in [7, 11) is -3.55. The quantitative estimate of drug-likeness (QED) is 0.616. The van der Waals surface area contributed by atoms with Gasteiger partial charge in [0.25, 0.3) is 0 Å². The third kappa shape index (κ3) is 3.00. The molecule has 0 unspecified atom stereocenters. The van der Waals surface area contributed by atoms with Crippen molar-refractivity contribution in [2.24, 2.45) is 5.84 Å². The summed E-state index contributed by atoms with van der Waals surface area (Å²) in [5.74, 6) is 5.50. The Morgan fingerprint density at radius 2 is 1.95 bits per heavy atom. The van der Waals surface area contributed by atoms with Gasteiger partial charge < -0.3 is 5.43 Å². The number of piperazine rings is 1. The van der Waals surface area contributed by atoms with Crippen LogP contribution >= 0.6 is 11.6 Å². The Balaban J connectivity index is 1.75. The highest BCUT2D eigenvalue weighted by atomic mass is 35.5. The average molecular weight is 332 g/mol. The van der Waals surface area contributed by atoms with Crippen LogP contribution in [0.2, 0.25) is 5.02 Å². The summed E-state index contributed by atoms with van der Waals surface area (Å²) in [5.41, 5.74) is 2.32. The fraction of sp³-hybridized carbons (Fsp3) is 0.583. The Labute approximate surface area is 129 Å². The monoisotopic (exact) mass is 331 g/mol. The number of nitrogens with one attached hydrogen (secondary N) is 1. The van der Waals surface area contributed by atoms with E-state index in [0.717, 1.165) is 13.1 Å². The van der Waals surface area contributed by atoms with Gasteiger partial charge in [-0.15, -0.1) is 0 Å². The van der Waals surface area contributed by atoms with Crippen molar-refractivity contribution in [3.8, 4) is 0 Å². The number of hydrogen-bond acceptors (Lipinski definition) is 6. The number of anilines is 1. The van der Waals surface area contributed by atoms with Crippen LogP contribution in [0.15, 0.2) is 17.2 Å². The van der Waals surface area contributed by atoms with Gasteiger partial charge >= 0.3 is 0 Å². The van der Waals surface area contributed by atoms with E-state index in [1.807, 2.05) is 0 Å². The maximum atomic E-state index is 12.6. The third-order valence-corrected chi connectivity index (χ3v) is 6.08. The van der Waals surface area contributed by atoms with Gasteiger partial charge in [-0.2, -0.15) is 4.31 Å². The first kappa shape index (κ1) is 15.0. The summed E-state index contributed by atoms with van der Waals surface area (Å²) < 4.78 is 26.7. The zero-order chi connectivity index (χ0) is 15.0. The maximum Gasteiger partial charge on any atom is 0.244 e. The lowest BCUT2D eigenvalue weighted by molar-refractivity contribution is 0.180. The Morgan fingerprint density at radius 3 is 2.48 bits per heavy atom. The van der Waals surface area contributed by atoms with Crippen molar-refractivity contribution in [2.45, 2.75) is 23.8 Å². The fourth-order valence-electron chi connectivity index (χ4n) is 2.57. The molecule has 2 fully saturated rings. The molecule has 3 N–H and O–H groups in total. The molecule has 2 heterocycles. The number of pyridine rings is 1. The van der Waals surface area contributed by atoms with E-state index in [4.69, 9.17) is 17.4 Å². The van der Waals surface area contributed by atoms with Crippen LogP contribution in [-0.2, 0) is 10.0 Å². The number of nitrogens with two attached hydrogens (primary N) is 1. The molecule has 0 radical (unpaired) electrons. The van der Waals surface area contributed by atoms with Crippen LogP contribution in [0, 0.1) is 0 Å². The third-order valence-electron chi connectivity index (χ3n) is 3.93. The van der Waals surface area contributed by atoms with E-state index in [1.165, 1.54) is 29.4 Å². The molecule has 0 amide bonds. The van der Waals surface area contributed by atoms with Crippen LogP contribution < -0.4 is 11.3 Å². The lowest BCUT2D eigenvalue weighted by atomic mass is 10.3. The number of sulfonamides is 1. The fourth-order valence-corrected chi connectivity index (χ4v) is 4.25. The van der Waals surface area contributed by atoms with Crippen molar-refractivity contribution in [2.75, 3.05) is 31.6 Å². The van der Waals surface area contributed by atoms with Crippen molar-refractivity contribution in [3.63, 3.8) is 0 Å². The van der Waals surface area contributed by atoms with Gasteiger partial charge in [0.15, 0.2) is 5.82 Å². The smallest absolute Gasteiger partial charge is 0.244 e. The summed E-state index contributed by atoms with van der Waals surface area (Å²) in [4.78, 5) is 6.39. The van der Waals surface area contributed by atoms with Gasteiger partial charge in [0.05, 0.1) is 5.02 Å². The molecular formula is C12H18ClN5O2S. The first-order valence-corrected chi connectivity index (χ1v) is 8.70. The second-order valence-corrected chi connectivity index (χ2v) is 7.66. The molecule has 0 aromatic carbocycles. The zero-order valence-corrected chi connectivity index (χ0v) is 13.1. The summed E-state index contributed by atoms with van der Waals surface area (Å²) in [6.45, 7) is 2.58. The predicted molar refractivity (Wildman–Crippen MR) is 80.4 cm³/mol. The maximum absolute atomic E-state index is 12.6. The van der Waals surface area contributed by atoms with Crippen LogP contribution in [0.1, 0.15) is 12.8 Å². The standard InChI is InChI=1S/C12H18ClN5O2S/c13-11-7-10(8-15-12(11)16-14)21(19,20)18-5-3-17(4-6-18)9-1-2-9/h7-9H,1-6,14H2,(H,15,16). The van der Waals surface area contributed by atoms with E-state index in [1.54, 1.807) is 0 Å². The van der Waals surface area contributed by atoms with E-state index in [0.29, 0.717) is 19.1 Å². The van der Waals surface area contributed by atoms with Gasteiger partial charge in [-0.05, 0) is 18.9 Å². The van der Waals surface area contributed by atoms with Crippen molar-refractivity contribution >= 4 is 27.4 Å². The number of nitrogen functional groups attached to an aromatic ring is 1. The molecule has 21 heavy (non-hydrogen) atoms. The number of aromatic nitrogens is 1. The molecule has 1 aliphatic heterocycles. The minimum absolute atomic E-state index is 0.103. The molecule has 9 heteroatoms. The number of halogens is 1. The molecule has 0 spiro atoms. The van der Waals surface area contributed by atoms with Crippen LogP contribution in [0.4, 0.5) is 5.82 Å². The summed E-state index contributed by atoms with van der Waals surface area (Å²) in [6, 6.07) is 2.05. The SMILES string of the molecule is NNc1ncc(S(=O)(=O)N2CCN(C3CC3)CC2)cc1Cl. The topological polar surface area (TPSA) is 91.6 Å². The highest BCUT2D eigenvalue weighted by molar-refractivity contribution is 7.89. The molecule has 0 bridgehead atoms. The highest BCUT2D eigenvalue weighted by Crippen LogP contribution is 2.29. The number of hydrogen-bond donors (Lipinski definition) is 2. The molecule has 116 valence electrons. The normalized spacial score (nSPS) is 21.4. The molecule has 0 atom stereocenters. The second-order valence-electron chi connectivity index (χ2n) is 5.32. The van der Waals surface area contributed by atoms with Gasteiger partial charge in [0.1, 0.15) is 4.90 Å². The lowest BCUT2D eigenvalue weighted by Crippen LogP contribution is -2.49. The zero-order valence-electron chi connectivity index (χ0n) is 11.5. The largest absolute Gasteiger partial charge is 0.307 e. The van der Waals surface area contributed by atoms with Gasteiger partial charge in [-0.25, -0.2) is 19.2 Å². The van der Waals surface area contributed by atoms with E-state index >= 15 is 0 Å². The van der Waals surface area contributed by atoms with Crippen LogP contribution in [0.3, 0.4) is 0 Å². The number of rotatable bonds is 4. The van der Waals surface area contributed by atoms with Gasteiger partial charge in [0.2, 0.25) is 10.0 Å². The molecule has 1 aliphatic carbocycles. The lowest BCUT2D eigenvalue weighted by Gasteiger charge is -2.34. The van der Waals surface area contributed by atoms with Crippen molar-refractivity contribution in [1.82, 2.24) is 14.2 Å². The molecule has 2 aliphatic rings. The Kier molecular flexibility index (Phi) is 4.06. The van der Waals surface area contributed by atoms with Gasteiger partial charge in [-0.3, -0.25) is 4.90 Å². The molecule has 7 nitrogen and oxygen atoms in total. The van der Waals surface area contributed by atoms with Crippen LogP contribution in [-0.4, -0.2) is 54.8 Å². The predicted octanol–water partition coefficient (Wildman–Crippen LogP) is 0.489. The molecule has 3 rings (SSSR count). The van der Waals surface area contributed by atoms with E-state index < -0.39 is 10.0 Å². The first-order valence-electron chi connectivity index (χ1n) is 6.89. The Hall–Kier alpha value is -0.930. The Bertz CT molecular complexity index is 627. The highest BCUT2D eigenvalue weighted by Gasteiger charge is 2.35. The molecule has 1 aromatic rings. The van der Waals surface area contributed by atoms with E-state index in [9.17, 15) is 8.42 Å². The summed E-state index contributed by atoms with van der Waals surface area (Å²) in [5, 5.41) is 0.190. The molecular weight excluding hydrogens is 314 g/mol. The number of hydrazine groups is 1. The molecule has 1 saturated heterocycles. The van der Waals surface area contributed by atoms with Crippen molar-refractivity contribution in [3.05, 3.63) is 17.3 Å². The minimum Gasteiger partial charge on any atom is -0.307 e. The summed E-state index contributed by atoms with van der Waals surface area (Å²) in [6.07, 6.45) is 3.75. The van der Waals surface area contributed by atoms with E-state index in [-0.39, 0.29) is 15.7 Å². The first-order chi connectivity index (χ1) is 10.0. The van der Waals surface area contributed by atoms with Crippen molar-refractivity contribution in [1.29, 1.82) is 0 Å². The minimum atomic E-state index is -3.55. The summed E-state index contributed by atoms with van der Waals surface area (Å²) >= 11 is 5.95. The van der Waals surface area contributed by atoms with Gasteiger partial charge in [0, 0.05) is 38.4 Å². The van der Waals surface area contributed by atoms with Crippen LogP contribution in [0.25, 0.3) is 0 Å².